The molecule has 10 nitrogen and oxygen atoms in total. The first-order valence-corrected chi connectivity index (χ1v) is 11.7. The molecule has 0 radical (unpaired) electrons. The van der Waals surface area contributed by atoms with Crippen molar-refractivity contribution in [2.24, 2.45) is 4.99 Å². The minimum Gasteiger partial charge on any atom is -0.480 e. The molecule has 0 aliphatic carbocycles. The Morgan fingerprint density at radius 3 is 2.58 bits per heavy atom. The zero-order valence-corrected chi connectivity index (χ0v) is 20.8. The molecule has 1 fully saturated rings. The summed E-state index contributed by atoms with van der Waals surface area (Å²) < 4.78 is 10.4. The van der Waals surface area contributed by atoms with E-state index in [1.165, 1.54) is 38.5 Å². The van der Waals surface area contributed by atoms with Crippen LogP contribution in [0.2, 0.25) is 0 Å². The highest BCUT2D eigenvalue weighted by atomic mass is 16.6. The van der Waals surface area contributed by atoms with Crippen molar-refractivity contribution in [3.05, 3.63) is 59.7 Å². The van der Waals surface area contributed by atoms with Crippen molar-refractivity contribution in [1.82, 2.24) is 10.2 Å². The summed E-state index contributed by atoms with van der Waals surface area (Å²) in [5.74, 6) is -2.69. The molecule has 1 aliphatic heterocycles. The Labute approximate surface area is 210 Å². The Morgan fingerprint density at radius 1 is 1.22 bits per heavy atom. The van der Waals surface area contributed by atoms with Crippen molar-refractivity contribution in [2.45, 2.75) is 51.1 Å². The maximum Gasteiger partial charge on any atom is 0.411 e. The summed E-state index contributed by atoms with van der Waals surface area (Å²) in [4.78, 5) is 54.0. The van der Waals surface area contributed by atoms with E-state index in [0.717, 1.165) is 18.4 Å². The van der Waals surface area contributed by atoms with Crippen LogP contribution in [0.5, 0.6) is 0 Å². The van der Waals surface area contributed by atoms with Gasteiger partial charge >= 0.3 is 18.0 Å². The second-order valence-electron chi connectivity index (χ2n) is 8.18. The standard InChI is InChI=1S/C26H33N3O7/c1-4-19(23(30)28-18(2)24(31)32)13-10-15-27-17-36-26(34)29-16-9-8-14-21(29)22(25(33)35-3)20-11-6-5-7-12-20/h4-7,10-13,15,18,21-22H,8-9,14,16-17H2,1-3H3,(H,28,30)(H,31,32)/b13-10-,19-4+,27-15+. The zero-order chi connectivity index (χ0) is 26.5. The lowest BCUT2D eigenvalue weighted by Gasteiger charge is -2.38. The molecular weight excluding hydrogens is 466 g/mol. The Balaban J connectivity index is 1.98. The van der Waals surface area contributed by atoms with Gasteiger partial charge in [0.2, 0.25) is 0 Å². The second-order valence-corrected chi connectivity index (χ2v) is 8.18. The van der Waals surface area contributed by atoms with E-state index in [4.69, 9.17) is 14.6 Å². The van der Waals surface area contributed by atoms with Gasteiger partial charge < -0.3 is 24.8 Å². The number of esters is 1. The number of carboxylic acids is 1. The number of nitrogens with one attached hydrogen (secondary N) is 1. The van der Waals surface area contributed by atoms with Crippen LogP contribution in [0.1, 0.15) is 44.6 Å². The fraction of sp³-hybridized carbons (Fsp3) is 0.423. The molecule has 1 aromatic rings. The second kappa shape index (κ2) is 14.4. The smallest absolute Gasteiger partial charge is 0.411 e. The maximum absolute atomic E-state index is 12.8. The summed E-state index contributed by atoms with van der Waals surface area (Å²) in [6.45, 7) is 3.23. The molecule has 1 saturated heterocycles. The number of carboxylic acid groups (broad SMARTS) is 1. The zero-order valence-electron chi connectivity index (χ0n) is 20.8. The fourth-order valence-electron chi connectivity index (χ4n) is 3.90. The minimum absolute atomic E-state index is 0.242. The van der Waals surface area contributed by atoms with Crippen LogP contribution < -0.4 is 5.32 Å². The lowest BCUT2D eigenvalue weighted by molar-refractivity contribution is -0.144. The molecule has 2 N–H and O–H groups in total. The van der Waals surface area contributed by atoms with Gasteiger partial charge in [-0.1, -0.05) is 36.4 Å². The van der Waals surface area contributed by atoms with Crippen molar-refractivity contribution in [3.8, 4) is 0 Å². The molecule has 10 heteroatoms. The summed E-state index contributed by atoms with van der Waals surface area (Å²) in [5.41, 5.74) is 1.04. The van der Waals surface area contributed by atoms with Crippen molar-refractivity contribution in [2.75, 3.05) is 20.4 Å². The molecule has 0 saturated carbocycles. The number of aliphatic carboxylic acids is 1. The summed E-state index contributed by atoms with van der Waals surface area (Å²) >= 11 is 0. The Hall–Kier alpha value is -3.95. The number of amides is 2. The monoisotopic (exact) mass is 499 g/mol. The number of carbonyl (C=O) groups excluding carboxylic acids is 3. The van der Waals surface area contributed by atoms with Gasteiger partial charge in [-0.25, -0.2) is 4.79 Å². The predicted molar refractivity (Wildman–Crippen MR) is 134 cm³/mol. The average Bonchev–Trinajstić information content (AvgIpc) is 2.88. The van der Waals surface area contributed by atoms with Crippen molar-refractivity contribution in [1.29, 1.82) is 0 Å². The third kappa shape index (κ3) is 8.07. The predicted octanol–water partition coefficient (Wildman–Crippen LogP) is 3.05. The highest BCUT2D eigenvalue weighted by Gasteiger charge is 2.39. The molecule has 2 rings (SSSR count). The van der Waals surface area contributed by atoms with Gasteiger partial charge in [-0.3, -0.25) is 19.4 Å². The van der Waals surface area contributed by atoms with E-state index in [1.807, 2.05) is 30.3 Å². The summed E-state index contributed by atoms with van der Waals surface area (Å²) in [6, 6.07) is 7.82. The number of piperidine rings is 1. The van der Waals surface area contributed by atoms with Gasteiger partial charge in [0, 0.05) is 18.3 Å². The van der Waals surface area contributed by atoms with Crippen LogP contribution in [0.25, 0.3) is 0 Å². The summed E-state index contributed by atoms with van der Waals surface area (Å²) in [5, 5.41) is 11.3. The third-order valence-corrected chi connectivity index (χ3v) is 5.80. The lowest BCUT2D eigenvalue weighted by Crippen LogP contribution is -2.49. The quantitative estimate of drug-likeness (QED) is 0.219. The molecule has 36 heavy (non-hydrogen) atoms. The number of nitrogens with zero attached hydrogens (tertiary/aromatic N) is 2. The first kappa shape index (κ1) is 28.3. The molecule has 1 heterocycles. The van der Waals surface area contributed by atoms with E-state index in [1.54, 1.807) is 11.8 Å². The van der Waals surface area contributed by atoms with Crippen LogP contribution in [0, 0.1) is 0 Å². The molecule has 0 bridgehead atoms. The van der Waals surface area contributed by atoms with E-state index in [9.17, 15) is 19.2 Å². The van der Waals surface area contributed by atoms with Crippen LogP contribution in [-0.2, 0) is 23.9 Å². The van der Waals surface area contributed by atoms with Crippen LogP contribution >= 0.6 is 0 Å². The molecule has 194 valence electrons. The Bertz CT molecular complexity index is 1000. The summed E-state index contributed by atoms with van der Waals surface area (Å²) in [7, 11) is 1.33. The molecule has 3 atom stereocenters. The highest BCUT2D eigenvalue weighted by molar-refractivity contribution is 5.98. The van der Waals surface area contributed by atoms with Gasteiger partial charge in [-0.2, -0.15) is 0 Å². The van der Waals surface area contributed by atoms with E-state index < -0.39 is 41.9 Å². The van der Waals surface area contributed by atoms with E-state index in [-0.39, 0.29) is 12.3 Å². The molecule has 1 aromatic carbocycles. The van der Waals surface area contributed by atoms with E-state index in [0.29, 0.717) is 13.0 Å². The minimum atomic E-state index is -1.14. The largest absolute Gasteiger partial charge is 0.480 e. The number of carbonyl (C=O) groups is 4. The number of aliphatic imine (C=N–C) groups is 1. The number of hydrogen-bond donors (Lipinski definition) is 2. The number of likely N-dealkylation sites (tertiary alicyclic amines) is 1. The van der Waals surface area contributed by atoms with Gasteiger partial charge in [0.05, 0.1) is 13.2 Å². The van der Waals surface area contributed by atoms with Crippen LogP contribution in [0.3, 0.4) is 0 Å². The van der Waals surface area contributed by atoms with Crippen LogP contribution in [0.4, 0.5) is 4.79 Å². The van der Waals surface area contributed by atoms with Gasteiger partial charge in [0.15, 0.2) is 6.73 Å². The molecule has 0 aromatic heterocycles. The molecular formula is C26H33N3O7. The van der Waals surface area contributed by atoms with E-state index >= 15 is 0 Å². The Kier molecular flexibility index (Phi) is 11.4. The number of allylic oxidation sites excluding steroid dienone is 2. The van der Waals surface area contributed by atoms with Crippen LogP contribution in [0.15, 0.2) is 59.1 Å². The average molecular weight is 500 g/mol. The summed E-state index contributed by atoms with van der Waals surface area (Å²) in [6.07, 6.45) is 7.62. The Morgan fingerprint density at radius 2 is 1.94 bits per heavy atom. The normalized spacial score (nSPS) is 18.0. The van der Waals surface area contributed by atoms with E-state index in [2.05, 4.69) is 10.3 Å². The topological polar surface area (TPSA) is 135 Å². The first-order chi connectivity index (χ1) is 17.3. The lowest BCUT2D eigenvalue weighted by atomic mass is 9.85. The van der Waals surface area contributed by atoms with Gasteiger partial charge in [0.25, 0.3) is 5.91 Å². The molecule has 1 aliphatic rings. The maximum atomic E-state index is 12.8. The fourth-order valence-corrected chi connectivity index (χ4v) is 3.90. The van der Waals surface area contributed by atoms with Gasteiger partial charge in [0.1, 0.15) is 12.0 Å². The number of rotatable bonds is 10. The van der Waals surface area contributed by atoms with Crippen molar-refractivity contribution < 1.29 is 33.8 Å². The van der Waals surface area contributed by atoms with Crippen molar-refractivity contribution in [3.63, 3.8) is 0 Å². The number of ether oxygens (including phenoxy) is 2. The number of hydrogen-bond acceptors (Lipinski definition) is 7. The SMILES string of the molecule is C\C=C(/C=C\C=N\COC(=O)N1CCCCC1C(C(=O)OC)c1ccccc1)C(=O)NC(C)C(=O)O. The number of benzene rings is 1. The molecule has 3 unspecified atom stereocenters. The third-order valence-electron chi connectivity index (χ3n) is 5.80. The highest BCUT2D eigenvalue weighted by Crippen LogP contribution is 2.32. The van der Waals surface area contributed by atoms with Crippen molar-refractivity contribution >= 4 is 30.2 Å². The van der Waals surface area contributed by atoms with Crippen LogP contribution in [-0.4, -0.2) is 72.6 Å². The number of methoxy groups -OCH3 is 1. The van der Waals surface area contributed by atoms with Gasteiger partial charge in [-0.05, 0) is 50.8 Å². The first-order valence-electron chi connectivity index (χ1n) is 11.7. The van der Waals surface area contributed by atoms with Gasteiger partial charge in [-0.15, -0.1) is 0 Å². The molecule has 2 amide bonds. The molecule has 0 spiro atoms.